The molecule has 0 spiro atoms. The van der Waals surface area contributed by atoms with Gasteiger partial charge in [0, 0.05) is 32.6 Å². The Morgan fingerprint density at radius 3 is 2.18 bits per heavy atom. The molecule has 0 bridgehead atoms. The molecule has 3 saturated carbocycles. The highest BCUT2D eigenvalue weighted by atomic mass is 16.6. The van der Waals surface area contributed by atoms with Gasteiger partial charge in [0.1, 0.15) is 17.3 Å². The average Bonchev–Trinajstić information content (AvgIpc) is 3.44. The summed E-state index contributed by atoms with van der Waals surface area (Å²) in [6.07, 6.45) is 24.5. The van der Waals surface area contributed by atoms with E-state index in [4.69, 9.17) is 14.2 Å². The number of amides is 2. The van der Waals surface area contributed by atoms with Crippen molar-refractivity contribution in [3.8, 4) is 0 Å². The molecule has 7 atom stereocenters. The van der Waals surface area contributed by atoms with Crippen molar-refractivity contribution in [1.29, 1.82) is 0 Å². The Hall–Kier alpha value is -2.38. The van der Waals surface area contributed by atoms with Gasteiger partial charge in [-0.3, -0.25) is 0 Å². The van der Waals surface area contributed by atoms with Crippen molar-refractivity contribution in [2.24, 2.45) is 40.4 Å². The smallest absolute Gasteiger partial charge is 0.410 e. The van der Waals surface area contributed by atoms with Crippen molar-refractivity contribution in [3.05, 3.63) is 24.1 Å². The van der Waals surface area contributed by atoms with Gasteiger partial charge in [0.2, 0.25) is 0 Å². The van der Waals surface area contributed by atoms with Crippen molar-refractivity contribution in [2.45, 2.75) is 209 Å². The third kappa shape index (κ3) is 14.4. The standard InChI is InChI=1S/C49H87N3O5/c1-36(2)21-16-17-22-38-24-26-42-41-25-23-39-35-40(27-29-49(39,11)43(41)28-30-48(38,42)10)55-45(54)52(34-20-32-51-44(53)57-47(7,8)9)33-19-15-13-12-14-18-31-50-37(3)56-46(4,5)6/h23,36,38,40-43,50H,3,12-22,24-35H2,1-2,4-11H3,(H,51,53). The predicted octanol–water partition coefficient (Wildman–Crippen LogP) is 12.7. The molecule has 0 radical (unpaired) electrons. The first-order valence-corrected chi connectivity index (χ1v) is 23.5. The van der Waals surface area contributed by atoms with Gasteiger partial charge in [-0.2, -0.15) is 0 Å². The molecule has 8 nitrogen and oxygen atoms in total. The molecule has 0 aromatic heterocycles. The van der Waals surface area contributed by atoms with E-state index in [1.807, 2.05) is 46.4 Å². The van der Waals surface area contributed by atoms with Crippen LogP contribution in [-0.2, 0) is 14.2 Å². The minimum atomic E-state index is -0.541. The van der Waals surface area contributed by atoms with Crippen molar-refractivity contribution < 1.29 is 23.8 Å². The lowest BCUT2D eigenvalue weighted by molar-refractivity contribution is -0.0534. The molecule has 0 aromatic rings. The largest absolute Gasteiger partial charge is 0.474 e. The fourth-order valence-corrected chi connectivity index (χ4v) is 11.3. The Morgan fingerprint density at radius 1 is 0.807 bits per heavy atom. The second-order valence-corrected chi connectivity index (χ2v) is 21.5. The van der Waals surface area contributed by atoms with Crippen LogP contribution in [0.5, 0.6) is 0 Å². The molecule has 57 heavy (non-hydrogen) atoms. The number of alkyl carbamates (subject to hydrolysis) is 1. The third-order valence-corrected chi connectivity index (χ3v) is 14.2. The fraction of sp³-hybridized carbons (Fsp3) is 0.878. The number of carbonyl (C=O) groups is 2. The first-order chi connectivity index (χ1) is 26.8. The van der Waals surface area contributed by atoms with Crippen LogP contribution in [0.4, 0.5) is 9.59 Å². The van der Waals surface area contributed by atoms with Crippen LogP contribution < -0.4 is 10.6 Å². The van der Waals surface area contributed by atoms with E-state index in [2.05, 4.69) is 51.0 Å². The lowest BCUT2D eigenvalue weighted by Crippen LogP contribution is -2.50. The highest BCUT2D eigenvalue weighted by Gasteiger charge is 2.58. The first-order valence-electron chi connectivity index (χ1n) is 23.5. The molecular formula is C49H87N3O5. The van der Waals surface area contributed by atoms with E-state index < -0.39 is 11.7 Å². The first kappa shape index (κ1) is 47.3. The maximum absolute atomic E-state index is 13.8. The lowest BCUT2D eigenvalue weighted by atomic mass is 9.47. The van der Waals surface area contributed by atoms with Crippen molar-refractivity contribution in [1.82, 2.24) is 15.5 Å². The summed E-state index contributed by atoms with van der Waals surface area (Å²) < 4.78 is 17.5. The maximum Gasteiger partial charge on any atom is 0.410 e. The summed E-state index contributed by atoms with van der Waals surface area (Å²) in [5.41, 5.74) is 1.54. The number of hydrogen-bond donors (Lipinski definition) is 2. The molecule has 8 heteroatoms. The van der Waals surface area contributed by atoms with Gasteiger partial charge in [0.15, 0.2) is 5.88 Å². The van der Waals surface area contributed by atoms with Crippen LogP contribution in [0, 0.1) is 40.4 Å². The molecular weight excluding hydrogens is 711 g/mol. The summed E-state index contributed by atoms with van der Waals surface area (Å²) >= 11 is 0. The Kier molecular flexibility index (Phi) is 17.6. The van der Waals surface area contributed by atoms with Crippen LogP contribution in [0.25, 0.3) is 0 Å². The number of hydrogen-bond acceptors (Lipinski definition) is 6. The summed E-state index contributed by atoms with van der Waals surface area (Å²) in [5.74, 6) is 4.81. The van der Waals surface area contributed by atoms with Gasteiger partial charge >= 0.3 is 12.2 Å². The maximum atomic E-state index is 13.8. The normalized spacial score (nSPS) is 28.4. The minimum absolute atomic E-state index is 0.0650. The molecule has 328 valence electrons. The van der Waals surface area contributed by atoms with E-state index in [0.717, 1.165) is 93.9 Å². The summed E-state index contributed by atoms with van der Waals surface area (Å²) in [6, 6.07) is 0. The zero-order valence-corrected chi connectivity index (χ0v) is 38.5. The molecule has 3 fully saturated rings. The van der Waals surface area contributed by atoms with Crippen LogP contribution in [0.2, 0.25) is 0 Å². The Balaban J connectivity index is 1.26. The molecule has 0 aliphatic heterocycles. The van der Waals surface area contributed by atoms with Gasteiger partial charge in [0.25, 0.3) is 0 Å². The molecule has 2 amide bonds. The van der Waals surface area contributed by atoms with E-state index >= 15 is 0 Å². The molecule has 4 rings (SSSR count). The third-order valence-electron chi connectivity index (χ3n) is 14.2. The zero-order valence-electron chi connectivity index (χ0n) is 38.5. The predicted molar refractivity (Wildman–Crippen MR) is 235 cm³/mol. The molecule has 0 saturated heterocycles. The van der Waals surface area contributed by atoms with Gasteiger partial charge < -0.3 is 29.7 Å². The molecule has 0 aromatic carbocycles. The Labute approximate surface area is 349 Å². The second-order valence-electron chi connectivity index (χ2n) is 21.5. The van der Waals surface area contributed by atoms with Crippen molar-refractivity contribution >= 4 is 12.2 Å². The molecule has 0 heterocycles. The summed E-state index contributed by atoms with van der Waals surface area (Å²) in [7, 11) is 0. The number of nitrogens with one attached hydrogen (secondary N) is 2. The number of fused-ring (bicyclic) bond motifs is 5. The number of nitrogens with zero attached hydrogens (tertiary/aromatic N) is 1. The molecule has 2 N–H and O–H groups in total. The van der Waals surface area contributed by atoms with Gasteiger partial charge in [-0.25, -0.2) is 9.59 Å². The lowest BCUT2D eigenvalue weighted by Gasteiger charge is -2.58. The van der Waals surface area contributed by atoms with Crippen LogP contribution in [0.1, 0.15) is 191 Å². The summed E-state index contributed by atoms with van der Waals surface area (Å²) in [6.45, 7) is 28.1. The monoisotopic (exact) mass is 798 g/mol. The van der Waals surface area contributed by atoms with E-state index in [-0.39, 0.29) is 23.2 Å². The highest BCUT2D eigenvalue weighted by Crippen LogP contribution is 2.67. The summed E-state index contributed by atoms with van der Waals surface area (Å²) in [5, 5.41) is 6.14. The van der Waals surface area contributed by atoms with Gasteiger partial charge in [-0.05, 0) is 159 Å². The quantitative estimate of drug-likeness (QED) is 0.0683. The average molecular weight is 798 g/mol. The van der Waals surface area contributed by atoms with E-state index in [1.165, 1.54) is 57.8 Å². The van der Waals surface area contributed by atoms with Crippen molar-refractivity contribution in [2.75, 3.05) is 26.2 Å². The number of unbranched alkanes of at least 4 members (excludes halogenated alkanes) is 6. The van der Waals surface area contributed by atoms with Crippen LogP contribution in [0.15, 0.2) is 24.1 Å². The van der Waals surface area contributed by atoms with Crippen LogP contribution >= 0.6 is 0 Å². The molecule has 4 aliphatic carbocycles. The number of rotatable bonds is 21. The zero-order chi connectivity index (χ0) is 41.9. The second kappa shape index (κ2) is 21.2. The van der Waals surface area contributed by atoms with Gasteiger partial charge in [-0.1, -0.05) is 84.3 Å². The van der Waals surface area contributed by atoms with E-state index in [1.54, 1.807) is 5.57 Å². The SMILES string of the molecule is C=C(NCCCCCCCCN(CCCNC(=O)OC(C)(C)C)C(=O)OC1CCC2(C)C(=CCC3C2CCC2(C)C(CCCCC(C)C)CCC32)C1)OC(C)(C)C. The molecule has 7 unspecified atom stereocenters. The highest BCUT2D eigenvalue weighted by molar-refractivity contribution is 5.68. The number of allylic oxidation sites excluding steroid dienone is 1. The molecule has 4 aliphatic rings. The number of carbonyl (C=O) groups excluding carboxylic acids is 2. The Morgan fingerprint density at radius 2 is 1.47 bits per heavy atom. The van der Waals surface area contributed by atoms with Crippen LogP contribution in [-0.4, -0.2) is 60.6 Å². The van der Waals surface area contributed by atoms with Crippen LogP contribution in [0.3, 0.4) is 0 Å². The van der Waals surface area contributed by atoms with E-state index in [0.29, 0.717) is 37.4 Å². The fourth-order valence-electron chi connectivity index (χ4n) is 11.3. The number of ether oxygens (including phenoxy) is 3. The van der Waals surface area contributed by atoms with Gasteiger partial charge in [-0.15, -0.1) is 0 Å². The minimum Gasteiger partial charge on any atom is -0.474 e. The topological polar surface area (TPSA) is 89.1 Å². The summed E-state index contributed by atoms with van der Waals surface area (Å²) in [4.78, 5) is 28.0. The Bertz CT molecular complexity index is 1310. The van der Waals surface area contributed by atoms with E-state index in [9.17, 15) is 9.59 Å². The van der Waals surface area contributed by atoms with Crippen molar-refractivity contribution in [3.63, 3.8) is 0 Å². The van der Waals surface area contributed by atoms with Gasteiger partial charge in [0.05, 0.1) is 0 Å².